The summed E-state index contributed by atoms with van der Waals surface area (Å²) in [5, 5.41) is 2.94. The molecule has 0 aromatic rings. The highest BCUT2D eigenvalue weighted by Crippen LogP contribution is 2.23. The second-order valence-electron chi connectivity index (χ2n) is 5.61. The Kier molecular flexibility index (Phi) is 4.00. The smallest absolute Gasteiger partial charge is 0.407 e. The molecule has 1 unspecified atom stereocenters. The summed E-state index contributed by atoms with van der Waals surface area (Å²) in [5.74, 6) is 0.721. The van der Waals surface area contributed by atoms with E-state index in [4.69, 9.17) is 4.74 Å². The first-order valence-electron chi connectivity index (χ1n) is 5.86. The minimum Gasteiger partial charge on any atom is -0.444 e. The van der Waals surface area contributed by atoms with E-state index in [2.05, 4.69) is 12.2 Å². The minimum atomic E-state index is -0.398. The van der Waals surface area contributed by atoms with E-state index in [0.29, 0.717) is 6.04 Å². The van der Waals surface area contributed by atoms with Crippen LogP contribution in [-0.2, 0) is 4.74 Å². The highest BCUT2D eigenvalue weighted by atomic mass is 16.6. The zero-order valence-electron chi connectivity index (χ0n) is 10.3. The summed E-state index contributed by atoms with van der Waals surface area (Å²) in [7, 11) is 0. The SMILES string of the molecule is CC1CCC[C@@H](NC(=O)OC(C)(C)C)C1. The molecular weight excluding hydrogens is 190 g/mol. The third-order valence-electron chi connectivity index (χ3n) is 2.66. The number of rotatable bonds is 1. The molecule has 1 N–H and O–H groups in total. The predicted molar refractivity (Wildman–Crippen MR) is 60.8 cm³/mol. The predicted octanol–water partition coefficient (Wildman–Crippen LogP) is 3.09. The van der Waals surface area contributed by atoms with Gasteiger partial charge in [-0.25, -0.2) is 4.79 Å². The van der Waals surface area contributed by atoms with Crippen LogP contribution in [0.1, 0.15) is 53.4 Å². The van der Waals surface area contributed by atoms with Crippen LogP contribution in [0.4, 0.5) is 4.79 Å². The van der Waals surface area contributed by atoms with Crippen LogP contribution in [0.5, 0.6) is 0 Å². The highest BCUT2D eigenvalue weighted by molar-refractivity contribution is 5.68. The van der Waals surface area contributed by atoms with Crippen molar-refractivity contribution in [1.29, 1.82) is 0 Å². The van der Waals surface area contributed by atoms with E-state index in [1.165, 1.54) is 12.8 Å². The Morgan fingerprint density at radius 1 is 1.33 bits per heavy atom. The van der Waals surface area contributed by atoms with Crippen molar-refractivity contribution >= 4 is 6.09 Å². The quantitative estimate of drug-likeness (QED) is 0.727. The number of nitrogens with one attached hydrogen (secondary N) is 1. The van der Waals surface area contributed by atoms with Gasteiger partial charge in [0, 0.05) is 6.04 Å². The van der Waals surface area contributed by atoms with Crippen LogP contribution in [0.25, 0.3) is 0 Å². The summed E-state index contributed by atoms with van der Waals surface area (Å²) in [6.45, 7) is 7.89. The number of amides is 1. The molecule has 1 aliphatic rings. The molecule has 1 fully saturated rings. The van der Waals surface area contributed by atoms with Gasteiger partial charge in [0.25, 0.3) is 0 Å². The van der Waals surface area contributed by atoms with Gasteiger partial charge < -0.3 is 10.1 Å². The lowest BCUT2D eigenvalue weighted by molar-refractivity contribution is 0.0486. The molecule has 0 bridgehead atoms. The summed E-state index contributed by atoms with van der Waals surface area (Å²) in [5.41, 5.74) is -0.398. The molecule has 3 heteroatoms. The zero-order chi connectivity index (χ0) is 11.5. The number of ether oxygens (including phenoxy) is 1. The van der Waals surface area contributed by atoms with Crippen LogP contribution >= 0.6 is 0 Å². The molecular formula is C12H23NO2. The van der Waals surface area contributed by atoms with Crippen LogP contribution < -0.4 is 5.32 Å². The number of alkyl carbamates (subject to hydrolysis) is 1. The van der Waals surface area contributed by atoms with Gasteiger partial charge in [-0.05, 0) is 39.5 Å². The monoisotopic (exact) mass is 213 g/mol. The van der Waals surface area contributed by atoms with Gasteiger partial charge in [-0.15, -0.1) is 0 Å². The summed E-state index contributed by atoms with van der Waals surface area (Å²) >= 11 is 0. The fourth-order valence-electron chi connectivity index (χ4n) is 2.04. The van der Waals surface area contributed by atoms with E-state index in [1.54, 1.807) is 0 Å². The van der Waals surface area contributed by atoms with Crippen LogP contribution in [-0.4, -0.2) is 17.7 Å². The third-order valence-corrected chi connectivity index (χ3v) is 2.66. The van der Waals surface area contributed by atoms with E-state index < -0.39 is 5.60 Å². The Balaban J connectivity index is 2.31. The Labute approximate surface area is 92.6 Å². The van der Waals surface area contributed by atoms with Crippen LogP contribution in [0.2, 0.25) is 0 Å². The first kappa shape index (κ1) is 12.3. The second kappa shape index (κ2) is 4.86. The number of carbonyl (C=O) groups excluding carboxylic acids is 1. The first-order valence-corrected chi connectivity index (χ1v) is 5.86. The normalized spacial score (nSPS) is 27.2. The molecule has 0 aromatic carbocycles. The molecule has 3 nitrogen and oxygen atoms in total. The molecule has 15 heavy (non-hydrogen) atoms. The molecule has 88 valence electrons. The topological polar surface area (TPSA) is 38.3 Å². The first-order chi connectivity index (χ1) is 6.87. The molecule has 1 amide bonds. The van der Waals surface area contributed by atoms with Crippen molar-refractivity contribution in [1.82, 2.24) is 5.32 Å². The average Bonchev–Trinajstić information content (AvgIpc) is 1.99. The van der Waals surface area contributed by atoms with Gasteiger partial charge in [0.1, 0.15) is 5.60 Å². The average molecular weight is 213 g/mol. The van der Waals surface area contributed by atoms with Gasteiger partial charge in [-0.2, -0.15) is 0 Å². The van der Waals surface area contributed by atoms with E-state index in [-0.39, 0.29) is 6.09 Å². The minimum absolute atomic E-state index is 0.276. The Hall–Kier alpha value is -0.730. The van der Waals surface area contributed by atoms with Gasteiger partial charge in [0.05, 0.1) is 0 Å². The fourth-order valence-corrected chi connectivity index (χ4v) is 2.04. The van der Waals surface area contributed by atoms with E-state index in [0.717, 1.165) is 18.8 Å². The van der Waals surface area contributed by atoms with Crippen molar-refractivity contribution in [2.45, 2.75) is 65.0 Å². The van der Waals surface area contributed by atoms with Gasteiger partial charge in [0.15, 0.2) is 0 Å². The molecule has 0 heterocycles. The van der Waals surface area contributed by atoms with Crippen LogP contribution in [0.15, 0.2) is 0 Å². The lowest BCUT2D eigenvalue weighted by atomic mass is 9.87. The Bertz CT molecular complexity index is 220. The standard InChI is InChI=1S/C12H23NO2/c1-9-6-5-7-10(8-9)13-11(14)15-12(2,3)4/h9-10H,5-8H2,1-4H3,(H,13,14)/t9?,10-/m1/s1. The van der Waals surface area contributed by atoms with Crippen LogP contribution in [0.3, 0.4) is 0 Å². The summed E-state index contributed by atoms with van der Waals surface area (Å²) in [6.07, 6.45) is 4.39. The second-order valence-corrected chi connectivity index (χ2v) is 5.61. The molecule has 1 saturated carbocycles. The van der Waals surface area contributed by atoms with Crippen molar-refractivity contribution in [3.63, 3.8) is 0 Å². The summed E-state index contributed by atoms with van der Waals surface area (Å²) in [6, 6.07) is 0.309. The molecule has 1 rings (SSSR count). The Morgan fingerprint density at radius 2 is 2.00 bits per heavy atom. The number of hydrogen-bond donors (Lipinski definition) is 1. The fraction of sp³-hybridized carbons (Fsp3) is 0.917. The Morgan fingerprint density at radius 3 is 2.53 bits per heavy atom. The lowest BCUT2D eigenvalue weighted by Crippen LogP contribution is -2.41. The van der Waals surface area contributed by atoms with Crippen molar-refractivity contribution in [3.8, 4) is 0 Å². The van der Waals surface area contributed by atoms with E-state index >= 15 is 0 Å². The maximum Gasteiger partial charge on any atom is 0.407 e. The highest BCUT2D eigenvalue weighted by Gasteiger charge is 2.23. The van der Waals surface area contributed by atoms with Gasteiger partial charge in [-0.1, -0.05) is 19.8 Å². The zero-order valence-corrected chi connectivity index (χ0v) is 10.3. The van der Waals surface area contributed by atoms with Crippen molar-refractivity contribution < 1.29 is 9.53 Å². The largest absolute Gasteiger partial charge is 0.444 e. The molecule has 0 spiro atoms. The van der Waals surface area contributed by atoms with Crippen molar-refractivity contribution in [2.24, 2.45) is 5.92 Å². The van der Waals surface area contributed by atoms with E-state index in [9.17, 15) is 4.79 Å². The lowest BCUT2D eigenvalue weighted by Gasteiger charge is -2.28. The van der Waals surface area contributed by atoms with Crippen molar-refractivity contribution in [2.75, 3.05) is 0 Å². The molecule has 0 saturated heterocycles. The molecule has 0 aliphatic heterocycles. The molecule has 0 aromatic heterocycles. The molecule has 2 atom stereocenters. The summed E-state index contributed by atoms with van der Waals surface area (Å²) < 4.78 is 5.23. The van der Waals surface area contributed by atoms with Gasteiger partial charge in [0.2, 0.25) is 0 Å². The molecule has 1 aliphatic carbocycles. The van der Waals surface area contributed by atoms with Crippen LogP contribution in [0, 0.1) is 5.92 Å². The maximum atomic E-state index is 11.5. The van der Waals surface area contributed by atoms with E-state index in [1.807, 2.05) is 20.8 Å². The molecule has 0 radical (unpaired) electrons. The number of hydrogen-bond acceptors (Lipinski definition) is 2. The third kappa shape index (κ3) is 5.05. The van der Waals surface area contributed by atoms with Gasteiger partial charge in [-0.3, -0.25) is 0 Å². The van der Waals surface area contributed by atoms with Gasteiger partial charge >= 0.3 is 6.09 Å². The summed E-state index contributed by atoms with van der Waals surface area (Å²) in [4.78, 5) is 11.5. The number of carbonyl (C=O) groups is 1. The van der Waals surface area contributed by atoms with Crippen molar-refractivity contribution in [3.05, 3.63) is 0 Å². The maximum absolute atomic E-state index is 11.5.